The summed E-state index contributed by atoms with van der Waals surface area (Å²) in [6.07, 6.45) is 1.59. The van der Waals surface area contributed by atoms with Crippen molar-refractivity contribution in [3.05, 3.63) is 22.4 Å². The highest BCUT2D eigenvalue weighted by molar-refractivity contribution is 7.07. The molecule has 0 bridgehead atoms. The molecule has 2 N–H and O–H groups in total. The van der Waals surface area contributed by atoms with Crippen LogP contribution in [0.15, 0.2) is 16.8 Å². The van der Waals surface area contributed by atoms with E-state index < -0.39 is 0 Å². The summed E-state index contributed by atoms with van der Waals surface area (Å²) in [5, 5.41) is 10.7. The van der Waals surface area contributed by atoms with E-state index in [1.54, 1.807) is 11.3 Å². The molecule has 82 valence electrons. The maximum Gasteiger partial charge on any atom is 0.220 e. The Morgan fingerprint density at radius 2 is 2.53 bits per heavy atom. The van der Waals surface area contributed by atoms with Gasteiger partial charge in [-0.05, 0) is 35.7 Å². The number of thiophene rings is 1. The van der Waals surface area contributed by atoms with E-state index in [-0.39, 0.29) is 5.91 Å². The Morgan fingerprint density at radius 1 is 1.67 bits per heavy atom. The Labute approximate surface area is 93.9 Å². The van der Waals surface area contributed by atoms with Crippen LogP contribution in [0.3, 0.4) is 0 Å². The van der Waals surface area contributed by atoms with Crippen LogP contribution in [0.25, 0.3) is 0 Å². The van der Waals surface area contributed by atoms with Gasteiger partial charge >= 0.3 is 0 Å². The van der Waals surface area contributed by atoms with Crippen molar-refractivity contribution in [3.63, 3.8) is 0 Å². The molecule has 0 radical (unpaired) electrons. The third-order valence-electron chi connectivity index (χ3n) is 2.79. The number of amides is 1. The maximum absolute atomic E-state index is 11.0. The highest BCUT2D eigenvalue weighted by Gasteiger charge is 2.19. The number of rotatable bonds is 3. The van der Waals surface area contributed by atoms with Crippen LogP contribution >= 0.6 is 11.3 Å². The molecule has 0 aliphatic carbocycles. The smallest absolute Gasteiger partial charge is 0.220 e. The monoisotopic (exact) mass is 224 g/mol. The second-order valence-corrected chi connectivity index (χ2v) is 4.76. The number of nitrogens with one attached hydrogen (secondary N) is 2. The number of piperidine rings is 1. The summed E-state index contributed by atoms with van der Waals surface area (Å²) in [6.45, 7) is 2.92. The summed E-state index contributed by atoms with van der Waals surface area (Å²) in [7, 11) is 0. The van der Waals surface area contributed by atoms with Gasteiger partial charge in [0.1, 0.15) is 0 Å². The van der Waals surface area contributed by atoms with Gasteiger partial charge in [-0.15, -0.1) is 0 Å². The van der Waals surface area contributed by atoms with Crippen molar-refractivity contribution in [2.75, 3.05) is 6.54 Å². The summed E-state index contributed by atoms with van der Waals surface area (Å²) >= 11 is 1.72. The lowest BCUT2D eigenvalue weighted by Crippen LogP contribution is -2.46. The molecule has 2 heterocycles. The Bertz CT molecular complexity index is 313. The second kappa shape index (κ2) is 4.77. The number of hydrogen-bond donors (Lipinski definition) is 2. The minimum atomic E-state index is 0.177. The summed E-state index contributed by atoms with van der Waals surface area (Å²) in [5.74, 6) is 0.177. The molecule has 2 rings (SSSR count). The van der Waals surface area contributed by atoms with Gasteiger partial charge in [-0.3, -0.25) is 4.79 Å². The van der Waals surface area contributed by atoms with Crippen molar-refractivity contribution >= 4 is 17.2 Å². The highest BCUT2D eigenvalue weighted by atomic mass is 32.1. The summed E-state index contributed by atoms with van der Waals surface area (Å²) in [4.78, 5) is 11.0. The van der Waals surface area contributed by atoms with E-state index in [1.807, 2.05) is 0 Å². The Kier molecular flexibility index (Phi) is 3.38. The van der Waals surface area contributed by atoms with Gasteiger partial charge in [0, 0.05) is 25.0 Å². The molecule has 1 saturated heterocycles. The van der Waals surface area contributed by atoms with E-state index >= 15 is 0 Å². The maximum atomic E-state index is 11.0. The van der Waals surface area contributed by atoms with Crippen LogP contribution in [0.1, 0.15) is 31.4 Å². The standard InChI is InChI=1S/C11H16N2OS/c1-8(9-4-5-15-7-9)13-10-2-3-11(14)12-6-10/h4-5,7-8,10,13H,2-3,6H2,1H3,(H,12,14). The largest absolute Gasteiger partial charge is 0.355 e. The van der Waals surface area contributed by atoms with E-state index in [0.29, 0.717) is 18.5 Å². The van der Waals surface area contributed by atoms with Crippen molar-refractivity contribution in [2.24, 2.45) is 0 Å². The molecule has 0 spiro atoms. The highest BCUT2D eigenvalue weighted by Crippen LogP contribution is 2.17. The zero-order chi connectivity index (χ0) is 10.7. The first kappa shape index (κ1) is 10.6. The van der Waals surface area contributed by atoms with Gasteiger partial charge in [-0.25, -0.2) is 0 Å². The Hall–Kier alpha value is -0.870. The molecule has 15 heavy (non-hydrogen) atoms. The lowest BCUT2D eigenvalue weighted by atomic mass is 10.0. The fourth-order valence-electron chi connectivity index (χ4n) is 1.85. The molecule has 0 saturated carbocycles. The number of hydrogen-bond acceptors (Lipinski definition) is 3. The van der Waals surface area contributed by atoms with Crippen molar-refractivity contribution in [1.82, 2.24) is 10.6 Å². The van der Waals surface area contributed by atoms with Gasteiger partial charge in [0.2, 0.25) is 5.91 Å². The third kappa shape index (κ3) is 2.79. The summed E-state index contributed by atoms with van der Waals surface area (Å²) in [5.41, 5.74) is 1.33. The van der Waals surface area contributed by atoms with Crippen LogP contribution in [0.5, 0.6) is 0 Å². The minimum Gasteiger partial charge on any atom is -0.355 e. The zero-order valence-corrected chi connectivity index (χ0v) is 9.64. The predicted molar refractivity (Wildman–Crippen MR) is 61.9 cm³/mol. The van der Waals surface area contributed by atoms with E-state index in [0.717, 1.165) is 13.0 Å². The molecule has 1 amide bonds. The van der Waals surface area contributed by atoms with Gasteiger partial charge < -0.3 is 10.6 Å². The predicted octanol–water partition coefficient (Wildman–Crippen LogP) is 1.68. The molecule has 2 atom stereocenters. The first-order chi connectivity index (χ1) is 7.25. The molecule has 2 unspecified atom stereocenters. The molecule has 0 aromatic carbocycles. The molecule has 1 fully saturated rings. The average molecular weight is 224 g/mol. The lowest BCUT2D eigenvalue weighted by molar-refractivity contribution is -0.122. The molecular formula is C11H16N2OS. The van der Waals surface area contributed by atoms with Gasteiger partial charge in [-0.2, -0.15) is 11.3 Å². The minimum absolute atomic E-state index is 0.177. The van der Waals surface area contributed by atoms with Crippen molar-refractivity contribution in [3.8, 4) is 0 Å². The molecule has 1 aliphatic rings. The summed E-state index contributed by atoms with van der Waals surface area (Å²) in [6, 6.07) is 2.93. The SMILES string of the molecule is CC(NC1CCC(=O)NC1)c1ccsc1. The Balaban J connectivity index is 1.84. The average Bonchev–Trinajstić information content (AvgIpc) is 2.74. The van der Waals surface area contributed by atoms with Crippen LogP contribution in [-0.4, -0.2) is 18.5 Å². The van der Waals surface area contributed by atoms with Crippen LogP contribution in [-0.2, 0) is 4.79 Å². The van der Waals surface area contributed by atoms with Gasteiger partial charge in [0.15, 0.2) is 0 Å². The van der Waals surface area contributed by atoms with Crippen LogP contribution < -0.4 is 10.6 Å². The van der Waals surface area contributed by atoms with Crippen molar-refractivity contribution in [2.45, 2.75) is 31.8 Å². The van der Waals surface area contributed by atoms with Crippen LogP contribution in [0.4, 0.5) is 0 Å². The fraction of sp³-hybridized carbons (Fsp3) is 0.545. The van der Waals surface area contributed by atoms with E-state index in [1.165, 1.54) is 5.56 Å². The van der Waals surface area contributed by atoms with Gasteiger partial charge in [0.05, 0.1) is 0 Å². The lowest BCUT2D eigenvalue weighted by Gasteiger charge is -2.26. The third-order valence-corrected chi connectivity index (χ3v) is 3.50. The summed E-state index contributed by atoms with van der Waals surface area (Å²) < 4.78 is 0. The normalized spacial score (nSPS) is 23.5. The van der Waals surface area contributed by atoms with Gasteiger partial charge in [0.25, 0.3) is 0 Å². The first-order valence-corrected chi connectivity index (χ1v) is 6.25. The number of carbonyl (C=O) groups excluding carboxylic acids is 1. The molecular weight excluding hydrogens is 208 g/mol. The number of carbonyl (C=O) groups is 1. The first-order valence-electron chi connectivity index (χ1n) is 5.30. The molecule has 4 heteroatoms. The second-order valence-electron chi connectivity index (χ2n) is 3.98. The molecule has 3 nitrogen and oxygen atoms in total. The Morgan fingerprint density at radius 3 is 3.13 bits per heavy atom. The van der Waals surface area contributed by atoms with Crippen molar-refractivity contribution in [1.29, 1.82) is 0 Å². The van der Waals surface area contributed by atoms with E-state index in [9.17, 15) is 4.79 Å². The van der Waals surface area contributed by atoms with Gasteiger partial charge in [-0.1, -0.05) is 0 Å². The topological polar surface area (TPSA) is 41.1 Å². The van der Waals surface area contributed by atoms with Crippen LogP contribution in [0, 0.1) is 0 Å². The quantitative estimate of drug-likeness (QED) is 0.820. The fourth-order valence-corrected chi connectivity index (χ4v) is 2.60. The van der Waals surface area contributed by atoms with Crippen LogP contribution in [0.2, 0.25) is 0 Å². The molecule has 1 aromatic heterocycles. The van der Waals surface area contributed by atoms with E-state index in [4.69, 9.17) is 0 Å². The van der Waals surface area contributed by atoms with E-state index in [2.05, 4.69) is 34.4 Å². The molecule has 1 aromatic rings. The zero-order valence-electron chi connectivity index (χ0n) is 8.82. The van der Waals surface area contributed by atoms with Crippen molar-refractivity contribution < 1.29 is 4.79 Å². The molecule has 1 aliphatic heterocycles.